The highest BCUT2D eigenvalue weighted by atomic mass is 32.2. The summed E-state index contributed by atoms with van der Waals surface area (Å²) >= 11 is 1.23. The zero-order chi connectivity index (χ0) is 18.8. The number of benzene rings is 2. The first-order valence-corrected chi connectivity index (χ1v) is 8.96. The molecule has 1 saturated heterocycles. The van der Waals surface area contributed by atoms with E-state index in [2.05, 4.69) is 16.4 Å². The highest BCUT2D eigenvalue weighted by Gasteiger charge is 2.24. The van der Waals surface area contributed by atoms with Gasteiger partial charge in [-0.25, -0.2) is 9.38 Å². The van der Waals surface area contributed by atoms with Crippen molar-refractivity contribution in [2.24, 2.45) is 4.99 Å². The van der Waals surface area contributed by atoms with Crippen molar-refractivity contribution in [3.8, 4) is 6.07 Å². The summed E-state index contributed by atoms with van der Waals surface area (Å²) in [5.41, 5.74) is 2.36. The van der Waals surface area contributed by atoms with Crippen molar-refractivity contribution in [3.05, 3.63) is 71.0 Å². The van der Waals surface area contributed by atoms with Gasteiger partial charge in [0.15, 0.2) is 5.17 Å². The van der Waals surface area contributed by atoms with Crippen molar-refractivity contribution >= 4 is 45.5 Å². The smallest absolute Gasteiger partial charge is 0.264 e. The Morgan fingerprint density at radius 1 is 1.22 bits per heavy atom. The predicted molar refractivity (Wildman–Crippen MR) is 105 cm³/mol. The molecule has 0 unspecified atom stereocenters. The molecule has 2 aromatic carbocycles. The number of nitrogens with one attached hydrogen (secondary N) is 1. The van der Waals surface area contributed by atoms with Crippen LogP contribution in [-0.4, -0.2) is 15.6 Å². The van der Waals surface area contributed by atoms with Gasteiger partial charge in [0.25, 0.3) is 5.91 Å². The van der Waals surface area contributed by atoms with E-state index in [1.54, 1.807) is 18.2 Å². The summed E-state index contributed by atoms with van der Waals surface area (Å²) in [5.74, 6) is -0.575. The Kier molecular flexibility index (Phi) is 4.48. The first-order valence-electron chi connectivity index (χ1n) is 8.14. The van der Waals surface area contributed by atoms with Gasteiger partial charge in [-0.3, -0.25) is 4.79 Å². The second kappa shape index (κ2) is 7.09. The minimum Gasteiger partial charge on any atom is -0.333 e. The van der Waals surface area contributed by atoms with Crippen LogP contribution < -0.4 is 5.32 Å². The second-order valence-corrected chi connectivity index (χ2v) is 6.88. The van der Waals surface area contributed by atoms with Crippen LogP contribution in [0.25, 0.3) is 17.0 Å². The number of nitrogens with zero attached hydrogens (tertiary/aromatic N) is 3. The predicted octanol–water partition coefficient (Wildman–Crippen LogP) is 4.20. The molecule has 0 saturated carbocycles. The minimum absolute atomic E-state index is 0.236. The van der Waals surface area contributed by atoms with Crippen LogP contribution in [0.1, 0.15) is 5.56 Å². The quantitative estimate of drug-likeness (QED) is 0.697. The molecule has 0 atom stereocenters. The van der Waals surface area contributed by atoms with Gasteiger partial charge in [0.2, 0.25) is 0 Å². The van der Waals surface area contributed by atoms with Crippen molar-refractivity contribution in [2.45, 2.75) is 6.54 Å². The van der Waals surface area contributed by atoms with Crippen LogP contribution in [0.4, 0.5) is 10.1 Å². The molecule has 27 heavy (non-hydrogen) atoms. The molecule has 4 rings (SSSR count). The summed E-state index contributed by atoms with van der Waals surface area (Å²) in [6.45, 7) is 0.236. The van der Waals surface area contributed by atoms with Crippen molar-refractivity contribution in [1.82, 2.24) is 9.88 Å². The van der Waals surface area contributed by atoms with E-state index in [1.165, 1.54) is 23.9 Å². The highest BCUT2D eigenvalue weighted by molar-refractivity contribution is 8.18. The van der Waals surface area contributed by atoms with E-state index >= 15 is 0 Å². The summed E-state index contributed by atoms with van der Waals surface area (Å²) in [4.78, 5) is 17.1. The van der Waals surface area contributed by atoms with Crippen LogP contribution in [-0.2, 0) is 11.3 Å². The number of para-hydroxylation sites is 1. The highest BCUT2D eigenvalue weighted by Crippen LogP contribution is 2.31. The van der Waals surface area contributed by atoms with Crippen LogP contribution in [0.3, 0.4) is 0 Å². The van der Waals surface area contributed by atoms with E-state index in [9.17, 15) is 9.18 Å². The fraction of sp³-hybridized carbons (Fsp3) is 0.0500. The number of amidine groups is 1. The van der Waals surface area contributed by atoms with Gasteiger partial charge in [-0.15, -0.1) is 0 Å². The SMILES string of the molecule is N#CCn1cc(/C=C2/SC(=Nc3ccc(F)cc3)NC2=O)c2ccccc21. The van der Waals surface area contributed by atoms with Crippen LogP contribution in [0.5, 0.6) is 0 Å². The Balaban J connectivity index is 1.67. The van der Waals surface area contributed by atoms with E-state index < -0.39 is 0 Å². The maximum absolute atomic E-state index is 13.0. The number of carbonyl (C=O) groups excluding carboxylic acids is 1. The fourth-order valence-electron chi connectivity index (χ4n) is 2.85. The van der Waals surface area contributed by atoms with Gasteiger partial charge in [-0.05, 0) is 48.2 Å². The number of aromatic nitrogens is 1. The van der Waals surface area contributed by atoms with Crippen LogP contribution in [0, 0.1) is 17.1 Å². The lowest BCUT2D eigenvalue weighted by atomic mass is 10.1. The maximum atomic E-state index is 13.0. The number of hydrogen-bond acceptors (Lipinski definition) is 4. The van der Waals surface area contributed by atoms with Crippen LogP contribution in [0.15, 0.2) is 64.6 Å². The third kappa shape index (κ3) is 3.48. The van der Waals surface area contributed by atoms with Crippen molar-refractivity contribution in [1.29, 1.82) is 5.26 Å². The van der Waals surface area contributed by atoms with Crippen LogP contribution >= 0.6 is 11.8 Å². The molecule has 1 amide bonds. The Labute approximate surface area is 158 Å². The maximum Gasteiger partial charge on any atom is 0.264 e. The lowest BCUT2D eigenvalue weighted by molar-refractivity contribution is -0.115. The fourth-order valence-corrected chi connectivity index (χ4v) is 3.68. The molecule has 0 spiro atoms. The molecule has 3 aromatic rings. The third-order valence-electron chi connectivity index (χ3n) is 4.06. The molecular formula is C20H13FN4OS. The molecule has 1 aliphatic heterocycles. The molecular weight excluding hydrogens is 363 g/mol. The van der Waals surface area contributed by atoms with Gasteiger partial charge in [0.05, 0.1) is 16.7 Å². The number of carbonyl (C=O) groups is 1. The van der Waals surface area contributed by atoms with E-state index in [4.69, 9.17) is 5.26 Å². The zero-order valence-corrected chi connectivity index (χ0v) is 14.8. The van der Waals surface area contributed by atoms with E-state index in [0.717, 1.165) is 16.5 Å². The first-order chi connectivity index (χ1) is 13.1. The Morgan fingerprint density at radius 3 is 2.78 bits per heavy atom. The summed E-state index contributed by atoms with van der Waals surface area (Å²) in [6, 6.07) is 15.6. The lowest BCUT2D eigenvalue weighted by Crippen LogP contribution is -2.19. The first kappa shape index (κ1) is 17.1. The van der Waals surface area contributed by atoms with Crippen molar-refractivity contribution in [2.75, 3.05) is 0 Å². The zero-order valence-electron chi connectivity index (χ0n) is 14.0. The number of halogens is 1. The molecule has 0 aliphatic carbocycles. The number of nitriles is 1. The largest absolute Gasteiger partial charge is 0.333 e. The van der Waals surface area contributed by atoms with E-state index in [1.807, 2.05) is 35.0 Å². The normalized spacial score (nSPS) is 16.8. The van der Waals surface area contributed by atoms with Gasteiger partial charge in [-0.2, -0.15) is 5.26 Å². The van der Waals surface area contributed by atoms with Crippen molar-refractivity contribution in [3.63, 3.8) is 0 Å². The Hall–Kier alpha value is -3.37. The molecule has 0 radical (unpaired) electrons. The standard InChI is InChI=1S/C20H13FN4OS/c21-14-5-7-15(8-6-14)23-20-24-19(26)18(27-20)11-13-12-25(10-9-22)17-4-2-1-3-16(13)17/h1-8,11-12H,10H2,(H,23,24,26)/b18-11+. The summed E-state index contributed by atoms with van der Waals surface area (Å²) in [7, 11) is 0. The summed E-state index contributed by atoms with van der Waals surface area (Å²) in [6.07, 6.45) is 3.66. The number of rotatable bonds is 3. The van der Waals surface area contributed by atoms with Crippen molar-refractivity contribution < 1.29 is 9.18 Å². The number of fused-ring (bicyclic) bond motifs is 1. The van der Waals surface area contributed by atoms with Gasteiger partial charge in [0, 0.05) is 22.7 Å². The molecule has 1 fully saturated rings. The minimum atomic E-state index is -0.337. The molecule has 5 nitrogen and oxygen atoms in total. The van der Waals surface area contributed by atoms with Gasteiger partial charge in [-0.1, -0.05) is 18.2 Å². The average Bonchev–Trinajstić information content (AvgIpc) is 3.19. The second-order valence-electron chi connectivity index (χ2n) is 5.85. The number of amides is 1. The third-order valence-corrected chi connectivity index (χ3v) is 4.97. The molecule has 1 aromatic heterocycles. The number of aliphatic imine (C=N–C) groups is 1. The average molecular weight is 376 g/mol. The lowest BCUT2D eigenvalue weighted by Gasteiger charge is -1.96. The number of thioether (sulfide) groups is 1. The molecule has 2 heterocycles. The van der Waals surface area contributed by atoms with Gasteiger partial charge in [0.1, 0.15) is 12.4 Å². The van der Waals surface area contributed by atoms with Gasteiger partial charge < -0.3 is 9.88 Å². The Morgan fingerprint density at radius 2 is 2.00 bits per heavy atom. The molecule has 1 aliphatic rings. The van der Waals surface area contributed by atoms with Crippen LogP contribution in [0.2, 0.25) is 0 Å². The van der Waals surface area contributed by atoms with E-state index in [-0.39, 0.29) is 18.3 Å². The summed E-state index contributed by atoms with van der Waals surface area (Å²) in [5, 5.41) is 13.1. The monoisotopic (exact) mass is 376 g/mol. The molecule has 7 heteroatoms. The molecule has 132 valence electrons. The van der Waals surface area contributed by atoms with E-state index in [0.29, 0.717) is 15.8 Å². The Bertz CT molecular complexity index is 1140. The number of hydrogen-bond donors (Lipinski definition) is 1. The van der Waals surface area contributed by atoms with Gasteiger partial charge >= 0.3 is 0 Å². The summed E-state index contributed by atoms with van der Waals surface area (Å²) < 4.78 is 14.9. The molecule has 0 bridgehead atoms. The topological polar surface area (TPSA) is 70.2 Å². The molecule has 1 N–H and O–H groups in total.